The number of amides is 1. The molecular formula is C12H18N2O2. The molecule has 1 aliphatic rings. The average molecular weight is 222 g/mol. The molecule has 1 aromatic rings. The standard InChI is InChI=1S/C12H18N2O2/c1-12(2,3)16-11(15)14-10-5-4-8-6-13-7-9(8)10/h6-7,10,13H,4-5H2,1-3H3,(H,14,15). The summed E-state index contributed by atoms with van der Waals surface area (Å²) in [6.45, 7) is 5.59. The molecule has 88 valence electrons. The van der Waals surface area contributed by atoms with Gasteiger partial charge in [0.2, 0.25) is 0 Å². The van der Waals surface area contributed by atoms with E-state index in [-0.39, 0.29) is 12.1 Å². The number of ether oxygens (including phenoxy) is 1. The van der Waals surface area contributed by atoms with Crippen LogP contribution in [-0.4, -0.2) is 16.7 Å². The van der Waals surface area contributed by atoms with E-state index in [1.165, 1.54) is 11.1 Å². The summed E-state index contributed by atoms with van der Waals surface area (Å²) in [5, 5.41) is 2.90. The van der Waals surface area contributed by atoms with Crippen LogP contribution in [0.1, 0.15) is 44.4 Å². The fraction of sp³-hybridized carbons (Fsp3) is 0.583. The van der Waals surface area contributed by atoms with E-state index in [0.717, 1.165) is 12.8 Å². The number of aromatic amines is 1. The van der Waals surface area contributed by atoms with Crippen LogP contribution >= 0.6 is 0 Å². The van der Waals surface area contributed by atoms with E-state index in [2.05, 4.69) is 10.3 Å². The number of alkyl carbamates (subject to hydrolysis) is 1. The van der Waals surface area contributed by atoms with Crippen molar-refractivity contribution in [1.82, 2.24) is 10.3 Å². The highest BCUT2D eigenvalue weighted by molar-refractivity contribution is 5.68. The van der Waals surface area contributed by atoms with Crippen LogP contribution in [0.2, 0.25) is 0 Å². The first kappa shape index (κ1) is 11.0. The molecule has 1 heterocycles. The van der Waals surface area contributed by atoms with Gasteiger partial charge in [0.15, 0.2) is 0 Å². The Labute approximate surface area is 95.4 Å². The lowest BCUT2D eigenvalue weighted by Gasteiger charge is -2.21. The van der Waals surface area contributed by atoms with Crippen LogP contribution in [0, 0.1) is 0 Å². The number of aryl methyl sites for hydroxylation is 1. The first-order valence-electron chi connectivity index (χ1n) is 5.61. The fourth-order valence-corrected chi connectivity index (χ4v) is 2.00. The van der Waals surface area contributed by atoms with Crippen molar-refractivity contribution >= 4 is 6.09 Å². The maximum Gasteiger partial charge on any atom is 0.408 e. The maximum atomic E-state index is 11.6. The number of hydrogen-bond acceptors (Lipinski definition) is 2. The van der Waals surface area contributed by atoms with Gasteiger partial charge in [-0.15, -0.1) is 0 Å². The zero-order chi connectivity index (χ0) is 11.8. The van der Waals surface area contributed by atoms with Gasteiger partial charge in [0.1, 0.15) is 5.60 Å². The molecule has 4 nitrogen and oxygen atoms in total. The van der Waals surface area contributed by atoms with E-state index in [1.807, 2.05) is 33.2 Å². The summed E-state index contributed by atoms with van der Waals surface area (Å²) in [4.78, 5) is 14.7. The molecule has 1 aromatic heterocycles. The molecule has 0 radical (unpaired) electrons. The summed E-state index contributed by atoms with van der Waals surface area (Å²) < 4.78 is 5.23. The molecule has 0 spiro atoms. The lowest BCUT2D eigenvalue weighted by atomic mass is 10.2. The van der Waals surface area contributed by atoms with Crippen LogP contribution in [0.25, 0.3) is 0 Å². The van der Waals surface area contributed by atoms with Crippen molar-refractivity contribution in [2.45, 2.75) is 45.3 Å². The van der Waals surface area contributed by atoms with Crippen LogP contribution in [0.4, 0.5) is 4.79 Å². The number of nitrogens with one attached hydrogen (secondary N) is 2. The Balaban J connectivity index is 1.95. The minimum atomic E-state index is -0.441. The zero-order valence-corrected chi connectivity index (χ0v) is 9.96. The summed E-state index contributed by atoms with van der Waals surface area (Å²) in [6.07, 6.45) is 5.57. The highest BCUT2D eigenvalue weighted by Crippen LogP contribution is 2.30. The molecule has 1 amide bonds. The van der Waals surface area contributed by atoms with Crippen molar-refractivity contribution in [2.24, 2.45) is 0 Å². The monoisotopic (exact) mass is 222 g/mol. The Morgan fingerprint density at radius 3 is 2.94 bits per heavy atom. The molecule has 2 N–H and O–H groups in total. The molecule has 16 heavy (non-hydrogen) atoms. The molecule has 1 atom stereocenters. The third-order valence-corrected chi connectivity index (χ3v) is 2.64. The topological polar surface area (TPSA) is 54.1 Å². The van der Waals surface area contributed by atoms with E-state index in [1.54, 1.807) is 0 Å². The number of aromatic nitrogens is 1. The quantitative estimate of drug-likeness (QED) is 0.767. The molecule has 4 heteroatoms. The van der Waals surface area contributed by atoms with Gasteiger partial charge in [0, 0.05) is 12.4 Å². The first-order valence-corrected chi connectivity index (χ1v) is 5.61. The third-order valence-electron chi connectivity index (χ3n) is 2.64. The van der Waals surface area contributed by atoms with Gasteiger partial charge in [0.05, 0.1) is 6.04 Å². The summed E-state index contributed by atoms with van der Waals surface area (Å²) in [5.74, 6) is 0. The normalized spacial score (nSPS) is 19.3. The van der Waals surface area contributed by atoms with Crippen LogP contribution in [-0.2, 0) is 11.2 Å². The molecule has 0 aliphatic heterocycles. The van der Waals surface area contributed by atoms with E-state index in [0.29, 0.717) is 0 Å². The largest absolute Gasteiger partial charge is 0.444 e. The average Bonchev–Trinajstić information content (AvgIpc) is 2.66. The first-order chi connectivity index (χ1) is 7.46. The highest BCUT2D eigenvalue weighted by atomic mass is 16.6. The Morgan fingerprint density at radius 2 is 2.25 bits per heavy atom. The van der Waals surface area contributed by atoms with Gasteiger partial charge >= 0.3 is 6.09 Å². The van der Waals surface area contributed by atoms with E-state index >= 15 is 0 Å². The summed E-state index contributed by atoms with van der Waals surface area (Å²) >= 11 is 0. The minimum absolute atomic E-state index is 0.0936. The molecule has 0 saturated heterocycles. The van der Waals surface area contributed by atoms with E-state index in [4.69, 9.17) is 4.74 Å². The van der Waals surface area contributed by atoms with Crippen molar-refractivity contribution in [2.75, 3.05) is 0 Å². The highest BCUT2D eigenvalue weighted by Gasteiger charge is 2.26. The van der Waals surface area contributed by atoms with Gasteiger partial charge in [-0.05, 0) is 44.7 Å². The smallest absolute Gasteiger partial charge is 0.408 e. The number of carbonyl (C=O) groups is 1. The SMILES string of the molecule is CC(C)(C)OC(=O)NC1CCc2c[nH]cc21. The van der Waals surface area contributed by atoms with Crippen LogP contribution in [0.5, 0.6) is 0 Å². The summed E-state index contributed by atoms with van der Waals surface area (Å²) in [7, 11) is 0. The van der Waals surface area contributed by atoms with Crippen LogP contribution in [0.3, 0.4) is 0 Å². The molecular weight excluding hydrogens is 204 g/mol. The van der Waals surface area contributed by atoms with Crippen molar-refractivity contribution in [1.29, 1.82) is 0 Å². The number of fused-ring (bicyclic) bond motifs is 1. The molecule has 0 bridgehead atoms. The Kier molecular flexibility index (Phi) is 2.66. The van der Waals surface area contributed by atoms with Gasteiger partial charge in [-0.2, -0.15) is 0 Å². The fourth-order valence-electron chi connectivity index (χ4n) is 2.00. The second-order valence-electron chi connectivity index (χ2n) is 5.17. The van der Waals surface area contributed by atoms with Crippen molar-refractivity contribution in [3.8, 4) is 0 Å². The molecule has 1 unspecified atom stereocenters. The van der Waals surface area contributed by atoms with Crippen molar-refractivity contribution in [3.63, 3.8) is 0 Å². The lowest BCUT2D eigenvalue weighted by Crippen LogP contribution is -2.34. The van der Waals surface area contributed by atoms with Gasteiger partial charge in [0.25, 0.3) is 0 Å². The predicted molar refractivity (Wildman–Crippen MR) is 61.2 cm³/mol. The zero-order valence-electron chi connectivity index (χ0n) is 9.96. The molecule has 0 fully saturated rings. The van der Waals surface area contributed by atoms with E-state index in [9.17, 15) is 4.79 Å². The number of H-pyrrole nitrogens is 1. The van der Waals surface area contributed by atoms with Gasteiger partial charge < -0.3 is 15.0 Å². The Bertz CT molecular complexity index is 390. The minimum Gasteiger partial charge on any atom is -0.444 e. The lowest BCUT2D eigenvalue weighted by molar-refractivity contribution is 0.0503. The van der Waals surface area contributed by atoms with Crippen molar-refractivity contribution < 1.29 is 9.53 Å². The van der Waals surface area contributed by atoms with Gasteiger partial charge in [-0.25, -0.2) is 4.79 Å². The second-order valence-corrected chi connectivity index (χ2v) is 5.17. The van der Waals surface area contributed by atoms with Gasteiger partial charge in [-0.1, -0.05) is 0 Å². The molecule has 1 aliphatic carbocycles. The third kappa shape index (κ3) is 2.38. The van der Waals surface area contributed by atoms with Gasteiger partial charge in [-0.3, -0.25) is 0 Å². The maximum absolute atomic E-state index is 11.6. The molecule has 0 aromatic carbocycles. The Hall–Kier alpha value is -1.45. The van der Waals surface area contributed by atoms with Crippen LogP contribution in [0.15, 0.2) is 12.4 Å². The molecule has 0 saturated carbocycles. The number of hydrogen-bond donors (Lipinski definition) is 2. The summed E-state index contributed by atoms with van der Waals surface area (Å²) in [5.41, 5.74) is 2.04. The molecule has 2 rings (SSSR count). The summed E-state index contributed by atoms with van der Waals surface area (Å²) in [6, 6.07) is 0.0936. The van der Waals surface area contributed by atoms with Crippen molar-refractivity contribution in [3.05, 3.63) is 23.5 Å². The number of rotatable bonds is 1. The predicted octanol–water partition coefficient (Wildman–Crippen LogP) is 2.53. The Morgan fingerprint density at radius 1 is 1.50 bits per heavy atom. The number of carbonyl (C=O) groups excluding carboxylic acids is 1. The van der Waals surface area contributed by atoms with E-state index < -0.39 is 5.60 Å². The van der Waals surface area contributed by atoms with Crippen LogP contribution < -0.4 is 5.32 Å². The second kappa shape index (κ2) is 3.85.